The van der Waals surface area contributed by atoms with Gasteiger partial charge < -0.3 is 10.6 Å². The standard InChI is InChI=1S/C10H9ClF2N2O/c11-7-3-5(12)4-8(13)9(7)15-10(16)14-6-1-2-6/h3-4,6H,1-2H2,(H2,14,15,16). The average molecular weight is 247 g/mol. The summed E-state index contributed by atoms with van der Waals surface area (Å²) in [5.74, 6) is -1.67. The maximum atomic E-state index is 13.3. The molecule has 0 radical (unpaired) electrons. The molecule has 0 atom stereocenters. The summed E-state index contributed by atoms with van der Waals surface area (Å²) in [4.78, 5) is 11.3. The number of anilines is 1. The molecule has 0 heterocycles. The van der Waals surface area contributed by atoms with E-state index in [9.17, 15) is 13.6 Å². The molecule has 6 heteroatoms. The third kappa shape index (κ3) is 2.61. The van der Waals surface area contributed by atoms with Gasteiger partial charge in [-0.1, -0.05) is 11.6 Å². The fraction of sp³-hybridized carbons (Fsp3) is 0.300. The van der Waals surface area contributed by atoms with Crippen LogP contribution in [0.25, 0.3) is 0 Å². The van der Waals surface area contributed by atoms with Gasteiger partial charge in [0.15, 0.2) is 5.82 Å². The van der Waals surface area contributed by atoms with Crippen molar-refractivity contribution in [3.63, 3.8) is 0 Å². The molecule has 0 aliphatic heterocycles. The highest BCUT2D eigenvalue weighted by molar-refractivity contribution is 6.33. The van der Waals surface area contributed by atoms with Crippen molar-refractivity contribution in [2.75, 3.05) is 5.32 Å². The van der Waals surface area contributed by atoms with Gasteiger partial charge in [-0.2, -0.15) is 0 Å². The molecule has 0 spiro atoms. The van der Waals surface area contributed by atoms with Crippen LogP contribution in [0.5, 0.6) is 0 Å². The van der Waals surface area contributed by atoms with Crippen molar-refractivity contribution in [1.29, 1.82) is 0 Å². The van der Waals surface area contributed by atoms with Crippen molar-refractivity contribution in [3.05, 3.63) is 28.8 Å². The Hall–Kier alpha value is -1.36. The van der Waals surface area contributed by atoms with E-state index >= 15 is 0 Å². The summed E-state index contributed by atoms with van der Waals surface area (Å²) in [5, 5.41) is 4.69. The highest BCUT2D eigenvalue weighted by atomic mass is 35.5. The summed E-state index contributed by atoms with van der Waals surface area (Å²) in [6, 6.07) is 1.23. The predicted octanol–water partition coefficient (Wildman–Crippen LogP) is 2.90. The molecule has 2 amide bonds. The van der Waals surface area contributed by atoms with Crippen LogP contribution >= 0.6 is 11.6 Å². The number of urea groups is 1. The van der Waals surface area contributed by atoms with Crippen LogP contribution in [-0.2, 0) is 0 Å². The maximum absolute atomic E-state index is 13.3. The molecule has 1 aliphatic carbocycles. The maximum Gasteiger partial charge on any atom is 0.319 e. The van der Waals surface area contributed by atoms with Gasteiger partial charge in [-0.05, 0) is 18.9 Å². The first-order chi connectivity index (χ1) is 7.56. The summed E-state index contributed by atoms with van der Waals surface area (Å²) in [6.45, 7) is 0. The molecule has 86 valence electrons. The normalized spacial score (nSPS) is 14.7. The number of rotatable bonds is 2. The van der Waals surface area contributed by atoms with E-state index in [1.54, 1.807) is 0 Å². The molecule has 0 unspecified atom stereocenters. The van der Waals surface area contributed by atoms with Crippen LogP contribution in [0.4, 0.5) is 19.3 Å². The molecule has 1 aromatic carbocycles. The highest BCUT2D eigenvalue weighted by Crippen LogP contribution is 2.26. The number of hydrogen-bond donors (Lipinski definition) is 2. The molecule has 0 bridgehead atoms. The number of hydrogen-bond acceptors (Lipinski definition) is 1. The molecule has 0 aromatic heterocycles. The van der Waals surface area contributed by atoms with Gasteiger partial charge in [0.25, 0.3) is 0 Å². The molecular formula is C10H9ClF2N2O. The van der Waals surface area contributed by atoms with Crippen molar-refractivity contribution >= 4 is 23.3 Å². The van der Waals surface area contributed by atoms with Gasteiger partial charge in [-0.25, -0.2) is 13.6 Å². The van der Waals surface area contributed by atoms with Crippen molar-refractivity contribution in [2.45, 2.75) is 18.9 Å². The fourth-order valence-corrected chi connectivity index (χ4v) is 1.47. The van der Waals surface area contributed by atoms with E-state index < -0.39 is 17.7 Å². The molecule has 1 aromatic rings. The van der Waals surface area contributed by atoms with Crippen molar-refractivity contribution in [1.82, 2.24) is 5.32 Å². The van der Waals surface area contributed by atoms with Crippen LogP contribution < -0.4 is 10.6 Å². The Kier molecular flexibility index (Phi) is 2.96. The second-order valence-corrected chi connectivity index (χ2v) is 4.02. The lowest BCUT2D eigenvalue weighted by Gasteiger charge is -2.09. The van der Waals surface area contributed by atoms with Gasteiger partial charge in [-0.15, -0.1) is 0 Å². The SMILES string of the molecule is O=C(Nc1c(F)cc(F)cc1Cl)NC1CC1. The topological polar surface area (TPSA) is 41.1 Å². The lowest BCUT2D eigenvalue weighted by Crippen LogP contribution is -2.30. The number of carbonyl (C=O) groups is 1. The predicted molar refractivity (Wildman–Crippen MR) is 56.5 cm³/mol. The Morgan fingerprint density at radius 1 is 1.38 bits per heavy atom. The lowest BCUT2D eigenvalue weighted by atomic mass is 10.3. The lowest BCUT2D eigenvalue weighted by molar-refractivity contribution is 0.251. The van der Waals surface area contributed by atoms with Crippen LogP contribution in [0.3, 0.4) is 0 Å². The van der Waals surface area contributed by atoms with E-state index in [1.807, 2.05) is 0 Å². The van der Waals surface area contributed by atoms with Gasteiger partial charge in [0.05, 0.1) is 10.7 Å². The number of nitrogens with one attached hydrogen (secondary N) is 2. The van der Waals surface area contributed by atoms with Gasteiger partial charge >= 0.3 is 6.03 Å². The first-order valence-corrected chi connectivity index (χ1v) is 5.16. The van der Waals surface area contributed by atoms with Gasteiger partial charge in [0.2, 0.25) is 0 Å². The largest absolute Gasteiger partial charge is 0.335 e. The quantitative estimate of drug-likeness (QED) is 0.828. The summed E-state index contributed by atoms with van der Waals surface area (Å²) in [5.41, 5.74) is -0.207. The van der Waals surface area contributed by atoms with E-state index in [2.05, 4.69) is 10.6 Å². The summed E-state index contributed by atoms with van der Waals surface area (Å²) in [6.07, 6.45) is 1.85. The van der Waals surface area contributed by atoms with E-state index in [0.717, 1.165) is 18.9 Å². The number of halogens is 3. The van der Waals surface area contributed by atoms with Crippen LogP contribution in [0.1, 0.15) is 12.8 Å². The fourth-order valence-electron chi connectivity index (χ4n) is 1.22. The summed E-state index contributed by atoms with van der Waals surface area (Å²) < 4.78 is 26.0. The summed E-state index contributed by atoms with van der Waals surface area (Å²) in [7, 11) is 0. The van der Waals surface area contributed by atoms with Crippen LogP contribution in [-0.4, -0.2) is 12.1 Å². The Morgan fingerprint density at radius 3 is 2.62 bits per heavy atom. The minimum Gasteiger partial charge on any atom is -0.335 e. The van der Waals surface area contributed by atoms with E-state index in [1.165, 1.54) is 0 Å². The first kappa shape index (κ1) is 11.1. The molecule has 1 aliphatic rings. The minimum absolute atomic E-state index is 0.155. The Labute approximate surface area is 95.8 Å². The molecule has 3 nitrogen and oxygen atoms in total. The summed E-state index contributed by atoms with van der Waals surface area (Å²) >= 11 is 5.61. The molecule has 1 fully saturated rings. The van der Waals surface area contributed by atoms with Gasteiger partial charge in [0.1, 0.15) is 5.82 Å². The zero-order valence-electron chi connectivity index (χ0n) is 8.19. The van der Waals surface area contributed by atoms with E-state index in [-0.39, 0.29) is 16.8 Å². The average Bonchev–Trinajstić information content (AvgIpc) is 2.95. The van der Waals surface area contributed by atoms with Crippen LogP contribution in [0.15, 0.2) is 12.1 Å². The molecule has 16 heavy (non-hydrogen) atoms. The molecule has 1 saturated carbocycles. The highest BCUT2D eigenvalue weighted by Gasteiger charge is 2.24. The monoisotopic (exact) mass is 246 g/mol. The van der Waals surface area contributed by atoms with Gasteiger partial charge in [0, 0.05) is 12.1 Å². The smallest absolute Gasteiger partial charge is 0.319 e. The van der Waals surface area contributed by atoms with E-state index in [0.29, 0.717) is 6.07 Å². The second kappa shape index (κ2) is 4.25. The van der Waals surface area contributed by atoms with Crippen molar-refractivity contribution < 1.29 is 13.6 Å². The number of carbonyl (C=O) groups excluding carboxylic acids is 1. The van der Waals surface area contributed by atoms with Crippen molar-refractivity contribution in [2.24, 2.45) is 0 Å². The zero-order chi connectivity index (χ0) is 11.7. The minimum atomic E-state index is -0.893. The third-order valence-electron chi connectivity index (χ3n) is 2.16. The Bertz CT molecular complexity index is 412. The van der Waals surface area contributed by atoms with Crippen molar-refractivity contribution in [3.8, 4) is 0 Å². The first-order valence-electron chi connectivity index (χ1n) is 4.78. The van der Waals surface area contributed by atoms with Gasteiger partial charge in [-0.3, -0.25) is 0 Å². The number of benzene rings is 1. The zero-order valence-corrected chi connectivity index (χ0v) is 8.94. The second-order valence-electron chi connectivity index (χ2n) is 3.62. The third-order valence-corrected chi connectivity index (χ3v) is 2.46. The van der Waals surface area contributed by atoms with E-state index in [4.69, 9.17) is 11.6 Å². The Balaban J connectivity index is 2.10. The molecule has 2 rings (SSSR count). The van der Waals surface area contributed by atoms with Crippen LogP contribution in [0, 0.1) is 11.6 Å². The molecule has 0 saturated heterocycles. The number of amides is 2. The molecular weight excluding hydrogens is 238 g/mol. The Morgan fingerprint density at radius 2 is 2.06 bits per heavy atom. The molecule has 2 N–H and O–H groups in total. The van der Waals surface area contributed by atoms with Crippen LogP contribution in [0.2, 0.25) is 5.02 Å².